The van der Waals surface area contributed by atoms with Gasteiger partial charge in [0.15, 0.2) is 4.30 Å². The first-order chi connectivity index (χ1) is 16.8. The molecule has 192 valence electrons. The predicted molar refractivity (Wildman–Crippen MR) is 138 cm³/mol. The van der Waals surface area contributed by atoms with Crippen LogP contribution in [0.1, 0.15) is 29.5 Å². The molecule has 1 aliphatic rings. The minimum absolute atomic E-state index is 0.108. The van der Waals surface area contributed by atoms with Crippen molar-refractivity contribution in [1.82, 2.24) is 4.41 Å². The maximum Gasteiger partial charge on any atom is 0.391 e. The zero-order valence-corrected chi connectivity index (χ0v) is 22.0. The predicted octanol–water partition coefficient (Wildman–Crippen LogP) is 7.63. The standard InChI is InChI=1S/C24H21F3N2O2S.CHCl3/c1-18-12-14-21(15-13-18)32(30,31)29-23(17-24(25,26)27,20-10-6-3-7-11-20)16-22(28-29)19-8-4-2-5-9-19;2-1(3)4/h2-15H,16-17H2,1H3;1H/t23-;/m1./s1. The largest absolute Gasteiger partial charge is 0.391 e. The Kier molecular flexibility index (Phi) is 8.98. The molecule has 0 saturated carbocycles. The van der Waals surface area contributed by atoms with Crippen LogP contribution in [0.15, 0.2) is 94.9 Å². The lowest BCUT2D eigenvalue weighted by Gasteiger charge is -2.37. The first-order valence-electron chi connectivity index (χ1n) is 10.6. The highest BCUT2D eigenvalue weighted by Crippen LogP contribution is 2.48. The van der Waals surface area contributed by atoms with Gasteiger partial charge < -0.3 is 0 Å². The summed E-state index contributed by atoms with van der Waals surface area (Å²) in [6, 6.07) is 22.6. The van der Waals surface area contributed by atoms with Crippen LogP contribution in [0.5, 0.6) is 0 Å². The van der Waals surface area contributed by atoms with Crippen LogP contribution < -0.4 is 0 Å². The monoisotopic (exact) mass is 576 g/mol. The van der Waals surface area contributed by atoms with Crippen LogP contribution in [0.3, 0.4) is 0 Å². The summed E-state index contributed by atoms with van der Waals surface area (Å²) in [4.78, 5) is -0.108. The Morgan fingerprint density at radius 3 is 1.92 bits per heavy atom. The van der Waals surface area contributed by atoms with Gasteiger partial charge in [0.25, 0.3) is 10.0 Å². The second-order valence-corrected chi connectivity index (χ2v) is 11.8. The molecule has 0 aromatic heterocycles. The molecule has 0 N–H and O–H groups in total. The molecule has 36 heavy (non-hydrogen) atoms. The number of hydrazone groups is 1. The Labute approximate surface area is 223 Å². The quantitative estimate of drug-likeness (QED) is 0.293. The highest BCUT2D eigenvalue weighted by molar-refractivity contribution is 7.89. The van der Waals surface area contributed by atoms with Gasteiger partial charge in [0.2, 0.25) is 0 Å². The summed E-state index contributed by atoms with van der Waals surface area (Å²) in [6.45, 7) is 1.80. The smallest absolute Gasteiger partial charge is 0.200 e. The lowest BCUT2D eigenvalue weighted by molar-refractivity contribution is -0.156. The second kappa shape index (κ2) is 11.4. The van der Waals surface area contributed by atoms with Gasteiger partial charge in [-0.1, -0.05) is 113 Å². The van der Waals surface area contributed by atoms with Crippen molar-refractivity contribution in [2.24, 2.45) is 5.10 Å². The molecular formula is C25H22Cl3F3N2O2S. The van der Waals surface area contributed by atoms with E-state index in [1.165, 1.54) is 24.3 Å². The number of nitrogens with zero attached hydrogens (tertiary/aromatic N) is 2. The summed E-state index contributed by atoms with van der Waals surface area (Å²) in [5.74, 6) is 0. The van der Waals surface area contributed by atoms with Gasteiger partial charge in [-0.15, -0.1) is 0 Å². The number of rotatable bonds is 5. The van der Waals surface area contributed by atoms with E-state index < -0.39 is 32.5 Å². The third-order valence-corrected chi connectivity index (χ3v) is 7.25. The summed E-state index contributed by atoms with van der Waals surface area (Å²) in [5.41, 5.74) is 0.00568. The van der Waals surface area contributed by atoms with Crippen molar-refractivity contribution in [3.8, 4) is 0 Å². The average Bonchev–Trinajstić information content (AvgIpc) is 3.20. The number of hydrogen-bond acceptors (Lipinski definition) is 3. The van der Waals surface area contributed by atoms with E-state index in [4.69, 9.17) is 34.8 Å². The van der Waals surface area contributed by atoms with Crippen LogP contribution in [0.25, 0.3) is 0 Å². The van der Waals surface area contributed by atoms with Crippen molar-refractivity contribution >= 4 is 50.5 Å². The van der Waals surface area contributed by atoms with Gasteiger partial charge in [0, 0.05) is 6.42 Å². The van der Waals surface area contributed by atoms with Gasteiger partial charge in [-0.25, -0.2) is 0 Å². The summed E-state index contributed by atoms with van der Waals surface area (Å²) < 4.78 is 69.0. The highest BCUT2D eigenvalue weighted by Gasteiger charge is 2.55. The molecule has 4 rings (SSSR count). The number of sulfonamides is 1. The van der Waals surface area contributed by atoms with Crippen molar-refractivity contribution in [2.75, 3.05) is 0 Å². The van der Waals surface area contributed by atoms with Crippen molar-refractivity contribution < 1.29 is 21.6 Å². The fourth-order valence-corrected chi connectivity index (χ4v) is 5.57. The molecular weight excluding hydrogens is 556 g/mol. The Balaban J connectivity index is 0.000000840. The van der Waals surface area contributed by atoms with Gasteiger partial charge in [0.1, 0.15) is 5.54 Å². The SMILES string of the molecule is Cc1ccc(S(=O)(=O)N2N=C(c3ccccc3)C[C@@]2(CC(F)(F)F)c2ccccc2)cc1.ClC(Cl)Cl. The molecule has 0 aliphatic carbocycles. The zero-order valence-electron chi connectivity index (χ0n) is 19.0. The summed E-state index contributed by atoms with van der Waals surface area (Å²) >= 11 is 14.4. The molecule has 3 aromatic carbocycles. The second-order valence-electron chi connectivity index (χ2n) is 8.09. The third kappa shape index (κ3) is 6.73. The summed E-state index contributed by atoms with van der Waals surface area (Å²) in [6.07, 6.45) is -6.20. The van der Waals surface area contributed by atoms with Crippen LogP contribution in [0.4, 0.5) is 13.2 Å². The Morgan fingerprint density at radius 1 is 0.917 bits per heavy atom. The van der Waals surface area contributed by atoms with Crippen LogP contribution in [0, 0.1) is 6.92 Å². The molecule has 3 aromatic rings. The fraction of sp³-hybridized carbons (Fsp3) is 0.240. The van der Waals surface area contributed by atoms with E-state index in [1.807, 2.05) is 0 Å². The molecule has 0 unspecified atom stereocenters. The Morgan fingerprint density at radius 2 is 1.42 bits per heavy atom. The van der Waals surface area contributed by atoms with Crippen LogP contribution in [-0.2, 0) is 15.6 Å². The molecule has 0 amide bonds. The molecule has 11 heteroatoms. The molecule has 1 heterocycles. The Bertz CT molecular complexity index is 1280. The van der Waals surface area contributed by atoms with E-state index >= 15 is 0 Å². The normalized spacial score (nSPS) is 18.0. The molecule has 0 saturated heterocycles. The van der Waals surface area contributed by atoms with E-state index in [2.05, 4.69) is 5.10 Å². The van der Waals surface area contributed by atoms with Gasteiger partial charge in [-0.3, -0.25) is 0 Å². The van der Waals surface area contributed by atoms with Gasteiger partial charge in [0.05, 0.1) is 17.0 Å². The van der Waals surface area contributed by atoms with E-state index in [9.17, 15) is 21.6 Å². The number of hydrogen-bond donors (Lipinski definition) is 0. The fourth-order valence-electron chi connectivity index (χ4n) is 3.99. The van der Waals surface area contributed by atoms with E-state index in [-0.39, 0.29) is 22.6 Å². The Hall–Kier alpha value is -2.26. The summed E-state index contributed by atoms with van der Waals surface area (Å²) in [5, 5.41) is 4.30. The number of benzene rings is 3. The molecule has 1 atom stereocenters. The molecule has 0 fully saturated rings. The lowest BCUT2D eigenvalue weighted by Crippen LogP contribution is -2.46. The minimum Gasteiger partial charge on any atom is -0.200 e. The first-order valence-corrected chi connectivity index (χ1v) is 13.4. The zero-order chi connectivity index (χ0) is 26.6. The van der Waals surface area contributed by atoms with Crippen LogP contribution >= 0.6 is 34.8 Å². The molecule has 0 spiro atoms. The minimum atomic E-state index is -4.63. The third-order valence-electron chi connectivity index (χ3n) is 5.50. The van der Waals surface area contributed by atoms with Crippen molar-refractivity contribution in [3.63, 3.8) is 0 Å². The average molecular weight is 578 g/mol. The number of halogens is 6. The molecule has 0 bridgehead atoms. The highest BCUT2D eigenvalue weighted by atomic mass is 35.6. The number of aryl methyl sites for hydroxylation is 1. The first kappa shape index (κ1) is 28.3. The summed E-state index contributed by atoms with van der Waals surface area (Å²) in [7, 11) is -4.38. The maximum atomic E-state index is 13.9. The van der Waals surface area contributed by atoms with E-state index in [0.29, 0.717) is 9.98 Å². The van der Waals surface area contributed by atoms with Crippen LogP contribution in [-0.4, -0.2) is 29.0 Å². The topological polar surface area (TPSA) is 49.7 Å². The van der Waals surface area contributed by atoms with E-state index in [1.54, 1.807) is 67.6 Å². The van der Waals surface area contributed by atoms with Crippen molar-refractivity contribution in [2.45, 2.75) is 40.7 Å². The van der Waals surface area contributed by atoms with Gasteiger partial charge in [-0.05, 0) is 30.2 Å². The molecule has 1 aliphatic heterocycles. The van der Waals surface area contributed by atoms with Crippen molar-refractivity contribution in [3.05, 3.63) is 102 Å². The number of alkyl halides is 6. The lowest BCUT2D eigenvalue weighted by atomic mass is 9.82. The van der Waals surface area contributed by atoms with Gasteiger partial charge in [-0.2, -0.15) is 31.1 Å². The molecule has 4 nitrogen and oxygen atoms in total. The van der Waals surface area contributed by atoms with Crippen molar-refractivity contribution in [1.29, 1.82) is 0 Å². The van der Waals surface area contributed by atoms with Gasteiger partial charge >= 0.3 is 6.18 Å². The van der Waals surface area contributed by atoms with Crippen LogP contribution in [0.2, 0.25) is 0 Å². The van der Waals surface area contributed by atoms with E-state index in [0.717, 1.165) is 5.56 Å². The maximum absolute atomic E-state index is 13.9. The molecule has 0 radical (unpaired) electrons.